The summed E-state index contributed by atoms with van der Waals surface area (Å²) in [5.74, 6) is -0.560. The molecule has 0 aliphatic heterocycles. The SMILES string of the molecule is CCCCNOC(=O)c1ccnc(Cl)n1. The summed E-state index contributed by atoms with van der Waals surface area (Å²) in [6.07, 6.45) is 3.37. The zero-order chi connectivity index (χ0) is 11.1. The van der Waals surface area contributed by atoms with E-state index >= 15 is 0 Å². The van der Waals surface area contributed by atoms with E-state index in [-0.39, 0.29) is 11.0 Å². The van der Waals surface area contributed by atoms with Gasteiger partial charge in [-0.05, 0) is 24.1 Å². The molecule has 0 amide bonds. The number of hydrogen-bond acceptors (Lipinski definition) is 5. The van der Waals surface area contributed by atoms with Crippen LogP contribution in [0.5, 0.6) is 0 Å². The van der Waals surface area contributed by atoms with Gasteiger partial charge >= 0.3 is 5.97 Å². The van der Waals surface area contributed by atoms with Crippen molar-refractivity contribution >= 4 is 17.6 Å². The quantitative estimate of drug-likeness (QED) is 0.472. The second-order valence-electron chi connectivity index (χ2n) is 2.85. The predicted molar refractivity (Wildman–Crippen MR) is 55.4 cm³/mol. The van der Waals surface area contributed by atoms with Crippen LogP contribution in [-0.2, 0) is 4.84 Å². The number of nitrogens with zero attached hydrogens (tertiary/aromatic N) is 2. The zero-order valence-corrected chi connectivity index (χ0v) is 9.12. The van der Waals surface area contributed by atoms with E-state index in [1.54, 1.807) is 0 Å². The maximum absolute atomic E-state index is 11.3. The first-order valence-corrected chi connectivity index (χ1v) is 5.04. The molecule has 0 aliphatic rings. The Morgan fingerprint density at radius 3 is 3.13 bits per heavy atom. The second kappa shape index (κ2) is 6.31. The van der Waals surface area contributed by atoms with Crippen LogP contribution in [0, 0.1) is 0 Å². The van der Waals surface area contributed by atoms with E-state index in [0.29, 0.717) is 6.54 Å². The lowest BCUT2D eigenvalue weighted by Gasteiger charge is -2.03. The van der Waals surface area contributed by atoms with Crippen molar-refractivity contribution in [3.63, 3.8) is 0 Å². The number of aromatic nitrogens is 2. The number of hydroxylamine groups is 1. The van der Waals surface area contributed by atoms with Crippen LogP contribution in [-0.4, -0.2) is 22.5 Å². The van der Waals surface area contributed by atoms with Crippen molar-refractivity contribution in [1.82, 2.24) is 15.4 Å². The molecule has 82 valence electrons. The van der Waals surface area contributed by atoms with Gasteiger partial charge in [0.25, 0.3) is 0 Å². The Labute approximate surface area is 92.8 Å². The minimum atomic E-state index is -0.560. The van der Waals surface area contributed by atoms with Gasteiger partial charge in [-0.1, -0.05) is 13.3 Å². The first-order valence-electron chi connectivity index (χ1n) is 4.66. The summed E-state index contributed by atoms with van der Waals surface area (Å²) in [6, 6.07) is 1.44. The first kappa shape index (κ1) is 11.9. The summed E-state index contributed by atoms with van der Waals surface area (Å²) in [6.45, 7) is 2.68. The van der Waals surface area contributed by atoms with Crippen molar-refractivity contribution in [2.24, 2.45) is 0 Å². The summed E-state index contributed by atoms with van der Waals surface area (Å²) in [5.41, 5.74) is 2.69. The molecule has 1 rings (SSSR count). The van der Waals surface area contributed by atoms with E-state index in [1.807, 2.05) is 6.92 Å². The van der Waals surface area contributed by atoms with Crippen LogP contribution in [0.4, 0.5) is 0 Å². The summed E-state index contributed by atoms with van der Waals surface area (Å²) >= 11 is 5.52. The Bertz CT molecular complexity index is 333. The van der Waals surface area contributed by atoms with Crippen LogP contribution in [0.1, 0.15) is 30.3 Å². The molecule has 6 heteroatoms. The fraction of sp³-hybridized carbons (Fsp3) is 0.444. The predicted octanol–water partition coefficient (Wildman–Crippen LogP) is 1.59. The minimum Gasteiger partial charge on any atom is -0.366 e. The average Bonchev–Trinajstić information content (AvgIpc) is 2.24. The van der Waals surface area contributed by atoms with Crippen LogP contribution >= 0.6 is 11.6 Å². The second-order valence-corrected chi connectivity index (χ2v) is 3.19. The number of rotatable bonds is 5. The number of carbonyl (C=O) groups excluding carboxylic acids is 1. The lowest BCUT2D eigenvalue weighted by Crippen LogP contribution is -2.21. The molecule has 5 nitrogen and oxygen atoms in total. The lowest BCUT2D eigenvalue weighted by molar-refractivity contribution is 0.0244. The van der Waals surface area contributed by atoms with Gasteiger partial charge in [0.1, 0.15) is 0 Å². The van der Waals surface area contributed by atoms with E-state index in [2.05, 4.69) is 15.4 Å². The maximum atomic E-state index is 11.3. The molecule has 0 radical (unpaired) electrons. The Hall–Kier alpha value is -1.20. The van der Waals surface area contributed by atoms with Crippen LogP contribution in [0.3, 0.4) is 0 Å². The largest absolute Gasteiger partial charge is 0.375 e. The standard InChI is InChI=1S/C9H12ClN3O2/c1-2-3-5-12-15-8(14)7-4-6-11-9(10)13-7/h4,6,12H,2-3,5H2,1H3. The van der Waals surface area contributed by atoms with E-state index < -0.39 is 5.97 Å². The number of hydrogen-bond donors (Lipinski definition) is 1. The molecule has 0 bridgehead atoms. The van der Waals surface area contributed by atoms with Crippen molar-refractivity contribution in [3.8, 4) is 0 Å². The van der Waals surface area contributed by atoms with Crippen LogP contribution in [0.2, 0.25) is 5.28 Å². The fourth-order valence-corrected chi connectivity index (χ4v) is 1.01. The normalized spacial score (nSPS) is 10.0. The monoisotopic (exact) mass is 229 g/mol. The molecule has 1 heterocycles. The molecular formula is C9H12ClN3O2. The smallest absolute Gasteiger partial charge is 0.366 e. The summed E-state index contributed by atoms with van der Waals surface area (Å²) in [7, 11) is 0. The van der Waals surface area contributed by atoms with Gasteiger partial charge in [-0.25, -0.2) is 14.8 Å². The molecule has 0 saturated heterocycles. The fourth-order valence-electron chi connectivity index (χ4n) is 0.866. The van der Waals surface area contributed by atoms with Gasteiger partial charge in [-0.2, -0.15) is 5.48 Å². The van der Waals surface area contributed by atoms with Gasteiger partial charge in [0, 0.05) is 12.7 Å². The molecule has 1 aromatic rings. The molecule has 0 aromatic carbocycles. The zero-order valence-electron chi connectivity index (χ0n) is 8.36. The number of carbonyl (C=O) groups is 1. The Kier molecular flexibility index (Phi) is 5.00. The number of nitrogens with one attached hydrogen (secondary N) is 1. The highest BCUT2D eigenvalue weighted by Gasteiger charge is 2.09. The number of unbranched alkanes of at least 4 members (excludes halogenated alkanes) is 1. The summed E-state index contributed by atoms with van der Waals surface area (Å²) in [4.78, 5) is 23.4. The van der Waals surface area contributed by atoms with Crippen LogP contribution < -0.4 is 5.48 Å². The lowest BCUT2D eigenvalue weighted by atomic mass is 10.3. The van der Waals surface area contributed by atoms with Gasteiger partial charge in [-0.3, -0.25) is 0 Å². The van der Waals surface area contributed by atoms with Gasteiger partial charge in [-0.15, -0.1) is 0 Å². The van der Waals surface area contributed by atoms with Crippen molar-refractivity contribution in [2.75, 3.05) is 6.54 Å². The Morgan fingerprint density at radius 1 is 1.67 bits per heavy atom. The third kappa shape index (κ3) is 4.22. The molecule has 1 N–H and O–H groups in total. The molecule has 0 aliphatic carbocycles. The highest BCUT2D eigenvalue weighted by Crippen LogP contribution is 2.01. The minimum absolute atomic E-state index is 0.0259. The molecule has 0 saturated carbocycles. The van der Waals surface area contributed by atoms with E-state index in [9.17, 15) is 4.79 Å². The molecular weight excluding hydrogens is 218 g/mol. The molecule has 0 fully saturated rings. The van der Waals surface area contributed by atoms with E-state index in [0.717, 1.165) is 12.8 Å². The number of halogens is 1. The first-order chi connectivity index (χ1) is 7.24. The molecule has 1 aromatic heterocycles. The summed E-state index contributed by atoms with van der Waals surface area (Å²) < 4.78 is 0. The summed E-state index contributed by atoms with van der Waals surface area (Å²) in [5, 5.41) is 0.0259. The average molecular weight is 230 g/mol. The Morgan fingerprint density at radius 2 is 2.47 bits per heavy atom. The van der Waals surface area contributed by atoms with Gasteiger partial charge in [0.2, 0.25) is 5.28 Å². The van der Waals surface area contributed by atoms with Gasteiger partial charge < -0.3 is 4.84 Å². The van der Waals surface area contributed by atoms with E-state index in [1.165, 1.54) is 12.3 Å². The topological polar surface area (TPSA) is 64.1 Å². The molecule has 0 spiro atoms. The molecule has 15 heavy (non-hydrogen) atoms. The third-order valence-corrected chi connectivity index (χ3v) is 1.81. The van der Waals surface area contributed by atoms with Crippen molar-refractivity contribution in [2.45, 2.75) is 19.8 Å². The van der Waals surface area contributed by atoms with Crippen LogP contribution in [0.15, 0.2) is 12.3 Å². The maximum Gasteiger partial charge on any atom is 0.375 e. The van der Waals surface area contributed by atoms with Crippen molar-refractivity contribution < 1.29 is 9.63 Å². The molecule has 0 atom stereocenters. The van der Waals surface area contributed by atoms with Crippen molar-refractivity contribution in [3.05, 3.63) is 23.2 Å². The third-order valence-electron chi connectivity index (χ3n) is 1.63. The van der Waals surface area contributed by atoms with E-state index in [4.69, 9.17) is 16.4 Å². The highest BCUT2D eigenvalue weighted by atomic mass is 35.5. The van der Waals surface area contributed by atoms with Gasteiger partial charge in [0.15, 0.2) is 5.69 Å². The Balaban J connectivity index is 2.40. The van der Waals surface area contributed by atoms with Crippen molar-refractivity contribution in [1.29, 1.82) is 0 Å². The molecule has 0 unspecified atom stereocenters. The highest BCUT2D eigenvalue weighted by molar-refractivity contribution is 6.28. The van der Waals surface area contributed by atoms with Gasteiger partial charge in [0.05, 0.1) is 0 Å². The van der Waals surface area contributed by atoms with Crippen LogP contribution in [0.25, 0.3) is 0 Å².